The normalized spacial score (nSPS) is 15.1. The van der Waals surface area contributed by atoms with Crippen molar-refractivity contribution in [2.75, 3.05) is 13.1 Å². The molecule has 0 radical (unpaired) electrons. The van der Waals surface area contributed by atoms with E-state index < -0.39 is 0 Å². The molecule has 0 spiro atoms. The number of carbonyl (C=O) groups excluding carboxylic acids is 2. The predicted octanol–water partition coefficient (Wildman–Crippen LogP) is 2.42. The summed E-state index contributed by atoms with van der Waals surface area (Å²) >= 11 is 0. The third-order valence-corrected chi connectivity index (χ3v) is 5.29. The zero-order valence-electron chi connectivity index (χ0n) is 15.9. The average molecular weight is 368 g/mol. The van der Waals surface area contributed by atoms with Crippen molar-refractivity contribution in [2.24, 2.45) is 11.7 Å². The summed E-state index contributed by atoms with van der Waals surface area (Å²) in [6.07, 6.45) is 6.01. The number of nitrogens with two attached hydrogens (primary N) is 1. The molecule has 6 nitrogen and oxygen atoms in total. The van der Waals surface area contributed by atoms with Crippen molar-refractivity contribution in [3.63, 3.8) is 0 Å². The van der Waals surface area contributed by atoms with Gasteiger partial charge in [-0.1, -0.05) is 24.3 Å². The third kappa shape index (κ3) is 5.18. The molecular weight excluding hydrogens is 340 g/mol. The average Bonchev–Trinajstić information content (AvgIpc) is 3.17. The van der Waals surface area contributed by atoms with Crippen molar-refractivity contribution < 1.29 is 9.59 Å². The fourth-order valence-electron chi connectivity index (χ4n) is 3.60. The standard InChI is InChI=1S/C21H28N4O2/c1-2-25-14-11-19(23-25)21(27)24-12-9-18(10-13-24)15-17-5-3-16(4-6-17)7-8-20(22)26/h3-6,11,14,18H,2,7-10,12-13,15H2,1H3,(H2,22,26). The number of carbonyl (C=O) groups is 2. The lowest BCUT2D eigenvalue weighted by atomic mass is 9.89. The Kier molecular flexibility index (Phi) is 6.27. The van der Waals surface area contributed by atoms with Crippen LogP contribution in [0.15, 0.2) is 36.5 Å². The third-order valence-electron chi connectivity index (χ3n) is 5.29. The van der Waals surface area contributed by atoms with Crippen LogP contribution in [0.3, 0.4) is 0 Å². The van der Waals surface area contributed by atoms with E-state index in [4.69, 9.17) is 5.73 Å². The molecule has 1 saturated heterocycles. The van der Waals surface area contributed by atoms with Crippen molar-refractivity contribution in [1.29, 1.82) is 0 Å². The van der Waals surface area contributed by atoms with Gasteiger partial charge in [0.05, 0.1) is 0 Å². The Morgan fingerprint density at radius 1 is 1.11 bits per heavy atom. The molecule has 0 atom stereocenters. The number of rotatable bonds is 7. The minimum atomic E-state index is -0.262. The first-order valence-corrected chi connectivity index (χ1v) is 9.74. The van der Waals surface area contributed by atoms with Crippen LogP contribution in [0.4, 0.5) is 0 Å². The molecular formula is C21H28N4O2. The summed E-state index contributed by atoms with van der Waals surface area (Å²) in [7, 11) is 0. The van der Waals surface area contributed by atoms with E-state index in [9.17, 15) is 9.59 Å². The summed E-state index contributed by atoms with van der Waals surface area (Å²) in [6, 6.07) is 10.3. The lowest BCUT2D eigenvalue weighted by Gasteiger charge is -2.31. The van der Waals surface area contributed by atoms with E-state index in [1.165, 1.54) is 5.56 Å². The first-order chi connectivity index (χ1) is 13.0. The van der Waals surface area contributed by atoms with Gasteiger partial charge in [-0.2, -0.15) is 5.10 Å². The van der Waals surface area contributed by atoms with Crippen LogP contribution < -0.4 is 5.73 Å². The zero-order valence-corrected chi connectivity index (χ0v) is 15.9. The molecule has 1 aromatic heterocycles. The molecule has 1 fully saturated rings. The first-order valence-electron chi connectivity index (χ1n) is 9.74. The van der Waals surface area contributed by atoms with E-state index in [0.717, 1.165) is 44.5 Å². The van der Waals surface area contributed by atoms with Gasteiger partial charge in [-0.05, 0) is 55.7 Å². The van der Waals surface area contributed by atoms with Gasteiger partial charge < -0.3 is 10.6 Å². The Bertz CT molecular complexity index is 774. The van der Waals surface area contributed by atoms with Gasteiger partial charge in [-0.3, -0.25) is 14.3 Å². The Labute approximate surface area is 160 Å². The summed E-state index contributed by atoms with van der Waals surface area (Å²) in [4.78, 5) is 25.4. The van der Waals surface area contributed by atoms with E-state index in [2.05, 4.69) is 29.4 Å². The molecule has 3 rings (SSSR count). The van der Waals surface area contributed by atoms with Gasteiger partial charge in [0, 0.05) is 32.3 Å². The Balaban J connectivity index is 1.47. The quantitative estimate of drug-likeness (QED) is 0.815. The monoisotopic (exact) mass is 368 g/mol. The van der Waals surface area contributed by atoms with Crippen molar-refractivity contribution in [3.05, 3.63) is 53.3 Å². The molecule has 1 aliphatic rings. The summed E-state index contributed by atoms with van der Waals surface area (Å²) in [6.45, 7) is 4.37. The Morgan fingerprint density at radius 2 is 1.78 bits per heavy atom. The summed E-state index contributed by atoms with van der Waals surface area (Å²) < 4.78 is 1.78. The summed E-state index contributed by atoms with van der Waals surface area (Å²) in [5.41, 5.74) is 8.20. The highest BCUT2D eigenvalue weighted by Gasteiger charge is 2.25. The minimum Gasteiger partial charge on any atom is -0.370 e. The van der Waals surface area contributed by atoms with Crippen molar-refractivity contribution >= 4 is 11.8 Å². The van der Waals surface area contributed by atoms with E-state index in [1.807, 2.05) is 18.0 Å². The number of benzene rings is 1. The highest BCUT2D eigenvalue weighted by Crippen LogP contribution is 2.23. The molecule has 27 heavy (non-hydrogen) atoms. The molecule has 2 N–H and O–H groups in total. The second kappa shape index (κ2) is 8.84. The molecule has 0 aliphatic carbocycles. The second-order valence-corrected chi connectivity index (χ2v) is 7.28. The molecule has 2 aromatic rings. The van der Waals surface area contributed by atoms with E-state index in [1.54, 1.807) is 10.7 Å². The minimum absolute atomic E-state index is 0.0412. The number of aromatic nitrogens is 2. The number of amides is 2. The molecule has 1 aromatic carbocycles. The van der Waals surface area contributed by atoms with Gasteiger partial charge in [0.1, 0.15) is 5.69 Å². The van der Waals surface area contributed by atoms with Gasteiger partial charge in [-0.15, -0.1) is 0 Å². The Morgan fingerprint density at radius 3 is 2.37 bits per heavy atom. The Hall–Kier alpha value is -2.63. The van der Waals surface area contributed by atoms with Crippen LogP contribution in [0.2, 0.25) is 0 Å². The van der Waals surface area contributed by atoms with Crippen LogP contribution in [0.1, 0.15) is 47.8 Å². The molecule has 1 aliphatic heterocycles. The van der Waals surface area contributed by atoms with E-state index in [-0.39, 0.29) is 11.8 Å². The molecule has 2 amide bonds. The van der Waals surface area contributed by atoms with Crippen LogP contribution in [0.25, 0.3) is 0 Å². The maximum atomic E-state index is 12.6. The lowest BCUT2D eigenvalue weighted by Crippen LogP contribution is -2.39. The number of piperidine rings is 1. The SMILES string of the molecule is CCn1ccc(C(=O)N2CCC(Cc3ccc(CCC(N)=O)cc3)CC2)n1. The number of hydrogen-bond acceptors (Lipinski definition) is 3. The molecule has 6 heteroatoms. The first kappa shape index (κ1) is 19.1. The smallest absolute Gasteiger partial charge is 0.274 e. The van der Waals surface area contributed by atoms with E-state index >= 15 is 0 Å². The number of primary amides is 1. The largest absolute Gasteiger partial charge is 0.370 e. The lowest BCUT2D eigenvalue weighted by molar-refractivity contribution is -0.117. The number of likely N-dealkylation sites (tertiary alicyclic amines) is 1. The second-order valence-electron chi connectivity index (χ2n) is 7.28. The number of hydrogen-bond donors (Lipinski definition) is 1. The van der Waals surface area contributed by atoms with Crippen LogP contribution in [0.5, 0.6) is 0 Å². The predicted molar refractivity (Wildman–Crippen MR) is 104 cm³/mol. The van der Waals surface area contributed by atoms with Gasteiger partial charge in [0.25, 0.3) is 5.91 Å². The number of aryl methyl sites for hydroxylation is 2. The number of nitrogens with zero attached hydrogens (tertiary/aromatic N) is 3. The van der Waals surface area contributed by atoms with Gasteiger partial charge in [0.15, 0.2) is 0 Å². The fourth-order valence-corrected chi connectivity index (χ4v) is 3.60. The highest BCUT2D eigenvalue weighted by molar-refractivity contribution is 5.92. The van der Waals surface area contributed by atoms with Crippen molar-refractivity contribution in [2.45, 2.75) is 45.6 Å². The topological polar surface area (TPSA) is 81.2 Å². The van der Waals surface area contributed by atoms with Gasteiger partial charge in [-0.25, -0.2) is 0 Å². The fraction of sp³-hybridized carbons (Fsp3) is 0.476. The van der Waals surface area contributed by atoms with Crippen LogP contribution in [-0.4, -0.2) is 39.6 Å². The van der Waals surface area contributed by atoms with Crippen LogP contribution in [0, 0.1) is 5.92 Å². The summed E-state index contributed by atoms with van der Waals surface area (Å²) in [5, 5.41) is 4.32. The maximum absolute atomic E-state index is 12.6. The molecule has 0 saturated carbocycles. The van der Waals surface area contributed by atoms with Crippen LogP contribution >= 0.6 is 0 Å². The van der Waals surface area contributed by atoms with E-state index in [0.29, 0.717) is 24.5 Å². The molecule has 144 valence electrons. The maximum Gasteiger partial charge on any atom is 0.274 e. The molecule has 2 heterocycles. The zero-order chi connectivity index (χ0) is 19.2. The van der Waals surface area contributed by atoms with Crippen molar-refractivity contribution in [3.8, 4) is 0 Å². The van der Waals surface area contributed by atoms with Gasteiger partial charge in [0.2, 0.25) is 5.91 Å². The summed E-state index contributed by atoms with van der Waals surface area (Å²) in [5.74, 6) is 0.375. The highest BCUT2D eigenvalue weighted by atomic mass is 16.2. The van der Waals surface area contributed by atoms with Crippen LogP contribution in [-0.2, 0) is 24.2 Å². The molecule has 0 unspecified atom stereocenters. The van der Waals surface area contributed by atoms with Crippen molar-refractivity contribution in [1.82, 2.24) is 14.7 Å². The molecule has 0 bridgehead atoms. The van der Waals surface area contributed by atoms with Gasteiger partial charge >= 0.3 is 0 Å².